The summed E-state index contributed by atoms with van der Waals surface area (Å²) >= 11 is 12.6. The molecular weight excluding hydrogens is 345 g/mol. The van der Waals surface area contributed by atoms with Crippen LogP contribution >= 0.6 is 23.2 Å². The fourth-order valence-corrected chi connectivity index (χ4v) is 4.54. The number of carbonyl (C=O) groups is 1. The standard InChI is InChI=1S/C19H21Cl2NO2/c1-3-5-11-8-9-19(4-2,10-14(23)24)18-15(11)12-6-7-13(20)16(21)17(12)22-18/h3,6-7,11,22H,1,4-5,8-10H2,2H3,(H,23,24). The van der Waals surface area contributed by atoms with Crippen molar-refractivity contribution in [1.82, 2.24) is 4.98 Å². The molecule has 3 nitrogen and oxygen atoms in total. The molecule has 5 heteroatoms. The summed E-state index contributed by atoms with van der Waals surface area (Å²) in [6.07, 6.45) is 5.49. The Labute approximate surface area is 151 Å². The van der Waals surface area contributed by atoms with E-state index in [1.54, 1.807) is 0 Å². The number of fused-ring (bicyclic) bond motifs is 3. The third-order valence-corrected chi connectivity index (χ3v) is 6.24. The first-order valence-electron chi connectivity index (χ1n) is 8.26. The van der Waals surface area contributed by atoms with Crippen molar-refractivity contribution in [2.24, 2.45) is 0 Å². The van der Waals surface area contributed by atoms with Gasteiger partial charge in [0, 0.05) is 16.5 Å². The van der Waals surface area contributed by atoms with Crippen LogP contribution in [-0.4, -0.2) is 16.1 Å². The van der Waals surface area contributed by atoms with Crippen molar-refractivity contribution in [3.8, 4) is 0 Å². The summed E-state index contributed by atoms with van der Waals surface area (Å²) in [5.74, 6) is -0.440. The minimum absolute atomic E-state index is 0.121. The van der Waals surface area contributed by atoms with E-state index in [0.717, 1.165) is 42.3 Å². The highest BCUT2D eigenvalue weighted by molar-refractivity contribution is 6.45. The molecule has 24 heavy (non-hydrogen) atoms. The molecule has 2 atom stereocenters. The van der Waals surface area contributed by atoms with E-state index in [4.69, 9.17) is 23.2 Å². The zero-order valence-electron chi connectivity index (χ0n) is 13.7. The number of halogens is 2. The number of nitrogens with one attached hydrogen (secondary N) is 1. The van der Waals surface area contributed by atoms with Crippen LogP contribution in [0.1, 0.15) is 56.2 Å². The molecule has 0 fully saturated rings. The molecule has 1 aliphatic rings. The average Bonchev–Trinajstić information content (AvgIpc) is 2.94. The third kappa shape index (κ3) is 2.64. The number of allylic oxidation sites excluding steroid dienone is 1. The highest BCUT2D eigenvalue weighted by Gasteiger charge is 2.42. The van der Waals surface area contributed by atoms with Gasteiger partial charge in [0.1, 0.15) is 0 Å². The maximum Gasteiger partial charge on any atom is 0.304 e. The summed E-state index contributed by atoms with van der Waals surface area (Å²) in [5.41, 5.74) is 2.64. The van der Waals surface area contributed by atoms with Gasteiger partial charge >= 0.3 is 5.97 Å². The van der Waals surface area contributed by atoms with E-state index >= 15 is 0 Å². The molecule has 0 bridgehead atoms. The normalized spacial score (nSPS) is 23.2. The number of benzene rings is 1. The lowest BCUT2D eigenvalue weighted by molar-refractivity contribution is -0.138. The number of aromatic amines is 1. The number of hydrogen-bond acceptors (Lipinski definition) is 1. The van der Waals surface area contributed by atoms with E-state index in [1.807, 2.05) is 18.2 Å². The van der Waals surface area contributed by atoms with Crippen LogP contribution in [0.5, 0.6) is 0 Å². The van der Waals surface area contributed by atoms with Crippen molar-refractivity contribution in [2.45, 2.75) is 50.4 Å². The van der Waals surface area contributed by atoms with Gasteiger partial charge in [0.15, 0.2) is 0 Å². The Morgan fingerprint density at radius 2 is 2.25 bits per heavy atom. The van der Waals surface area contributed by atoms with Crippen molar-refractivity contribution in [3.05, 3.63) is 46.1 Å². The molecule has 2 aromatic rings. The Balaban J connectivity index is 2.30. The maximum absolute atomic E-state index is 11.5. The number of H-pyrrole nitrogens is 1. The molecule has 3 rings (SSSR count). The first kappa shape index (κ1) is 17.4. The third-order valence-electron chi connectivity index (χ3n) is 5.43. The number of aliphatic carboxylic acids is 1. The van der Waals surface area contributed by atoms with Crippen LogP contribution in [0.4, 0.5) is 0 Å². The number of rotatable bonds is 5. The monoisotopic (exact) mass is 365 g/mol. The van der Waals surface area contributed by atoms with Gasteiger partial charge in [-0.3, -0.25) is 4.79 Å². The summed E-state index contributed by atoms with van der Waals surface area (Å²) in [6.45, 7) is 5.93. The molecule has 0 saturated carbocycles. The van der Waals surface area contributed by atoms with Crippen LogP contribution in [0.3, 0.4) is 0 Å². The van der Waals surface area contributed by atoms with Crippen LogP contribution in [0.15, 0.2) is 24.8 Å². The summed E-state index contributed by atoms with van der Waals surface area (Å²) in [5, 5.41) is 11.5. The zero-order valence-corrected chi connectivity index (χ0v) is 15.2. The smallest absolute Gasteiger partial charge is 0.304 e. The van der Waals surface area contributed by atoms with Crippen LogP contribution in [0.2, 0.25) is 10.0 Å². The molecule has 2 N–H and O–H groups in total. The zero-order chi connectivity index (χ0) is 17.5. The molecule has 0 saturated heterocycles. The molecule has 128 valence electrons. The van der Waals surface area contributed by atoms with E-state index in [9.17, 15) is 9.90 Å². The number of aromatic nitrogens is 1. The van der Waals surface area contributed by atoms with Gasteiger partial charge in [-0.25, -0.2) is 0 Å². The van der Waals surface area contributed by atoms with Gasteiger partial charge in [0.2, 0.25) is 0 Å². The van der Waals surface area contributed by atoms with Crippen LogP contribution in [-0.2, 0) is 10.2 Å². The Bertz CT molecular complexity index is 811. The molecule has 1 aliphatic carbocycles. The Hall–Kier alpha value is -1.45. The molecule has 0 spiro atoms. The van der Waals surface area contributed by atoms with Crippen molar-refractivity contribution in [1.29, 1.82) is 0 Å². The van der Waals surface area contributed by atoms with Gasteiger partial charge in [-0.1, -0.05) is 42.3 Å². The lowest BCUT2D eigenvalue weighted by atomic mass is 9.65. The lowest BCUT2D eigenvalue weighted by Gasteiger charge is -2.38. The molecule has 0 aliphatic heterocycles. The van der Waals surface area contributed by atoms with Gasteiger partial charge in [-0.05, 0) is 43.2 Å². The van der Waals surface area contributed by atoms with E-state index in [1.165, 1.54) is 5.56 Å². The molecule has 1 aromatic heterocycles. The molecule has 1 heterocycles. The quantitative estimate of drug-likeness (QED) is 0.633. The fourth-order valence-electron chi connectivity index (χ4n) is 4.17. The number of carboxylic acids is 1. The second kappa shape index (κ2) is 6.45. The Kier molecular flexibility index (Phi) is 4.67. The van der Waals surface area contributed by atoms with Crippen LogP contribution in [0, 0.1) is 0 Å². The predicted molar refractivity (Wildman–Crippen MR) is 99.3 cm³/mol. The summed E-state index contributed by atoms with van der Waals surface area (Å²) < 4.78 is 0. The second-order valence-corrected chi connectivity index (χ2v) is 7.45. The lowest BCUT2D eigenvalue weighted by Crippen LogP contribution is -2.34. The van der Waals surface area contributed by atoms with Gasteiger partial charge in [0.05, 0.1) is 22.0 Å². The first-order valence-corrected chi connectivity index (χ1v) is 9.02. The second-order valence-electron chi connectivity index (χ2n) is 6.66. The molecule has 0 radical (unpaired) electrons. The Morgan fingerprint density at radius 1 is 1.50 bits per heavy atom. The van der Waals surface area contributed by atoms with E-state index in [2.05, 4.69) is 18.5 Å². The van der Waals surface area contributed by atoms with Crippen molar-refractivity contribution in [2.75, 3.05) is 0 Å². The van der Waals surface area contributed by atoms with Gasteiger partial charge in [-0.2, -0.15) is 0 Å². The van der Waals surface area contributed by atoms with Crippen molar-refractivity contribution < 1.29 is 9.90 Å². The summed E-state index contributed by atoms with van der Waals surface area (Å²) in [4.78, 5) is 15.0. The minimum atomic E-state index is -0.771. The van der Waals surface area contributed by atoms with Gasteiger partial charge in [-0.15, -0.1) is 6.58 Å². The molecule has 1 aromatic carbocycles. The predicted octanol–water partition coefficient (Wildman–Crippen LogP) is 6.05. The fraction of sp³-hybridized carbons (Fsp3) is 0.421. The number of hydrogen-bond donors (Lipinski definition) is 2. The van der Waals surface area contributed by atoms with Crippen LogP contribution < -0.4 is 0 Å². The van der Waals surface area contributed by atoms with Crippen molar-refractivity contribution >= 4 is 40.1 Å². The minimum Gasteiger partial charge on any atom is -0.481 e. The maximum atomic E-state index is 11.5. The SMILES string of the molecule is C=CCC1CCC(CC)(CC(=O)O)c2[nH]c3c(Cl)c(Cl)ccc3c21. The molecular formula is C19H21Cl2NO2. The number of carboxylic acid groups (broad SMARTS) is 1. The molecule has 2 unspecified atom stereocenters. The molecule has 0 amide bonds. The van der Waals surface area contributed by atoms with E-state index < -0.39 is 5.97 Å². The van der Waals surface area contributed by atoms with Crippen LogP contribution in [0.25, 0.3) is 10.9 Å². The topological polar surface area (TPSA) is 53.1 Å². The summed E-state index contributed by atoms with van der Waals surface area (Å²) in [7, 11) is 0. The first-order chi connectivity index (χ1) is 11.4. The van der Waals surface area contributed by atoms with Crippen molar-refractivity contribution in [3.63, 3.8) is 0 Å². The van der Waals surface area contributed by atoms with Gasteiger partial charge < -0.3 is 10.1 Å². The summed E-state index contributed by atoms with van der Waals surface area (Å²) in [6, 6.07) is 3.80. The highest BCUT2D eigenvalue weighted by atomic mass is 35.5. The Morgan fingerprint density at radius 3 is 2.88 bits per heavy atom. The largest absolute Gasteiger partial charge is 0.481 e. The van der Waals surface area contributed by atoms with Gasteiger partial charge in [0.25, 0.3) is 0 Å². The highest BCUT2D eigenvalue weighted by Crippen LogP contribution is 2.51. The van der Waals surface area contributed by atoms with E-state index in [0.29, 0.717) is 16.0 Å². The average molecular weight is 366 g/mol. The van der Waals surface area contributed by atoms with E-state index in [-0.39, 0.29) is 11.8 Å².